The van der Waals surface area contributed by atoms with Crippen LogP contribution in [0.4, 0.5) is 17.6 Å². The monoisotopic (exact) mass is 414 g/mol. The fourth-order valence-corrected chi connectivity index (χ4v) is 2.59. The number of hydrogen-bond donors (Lipinski definition) is 2. The Morgan fingerprint density at radius 3 is 2.45 bits per heavy atom. The van der Waals surface area contributed by atoms with Crippen molar-refractivity contribution in [3.8, 4) is 11.3 Å². The highest BCUT2D eigenvalue weighted by Gasteiger charge is 2.20. The number of alkyl halides is 4. The van der Waals surface area contributed by atoms with Gasteiger partial charge in [-0.25, -0.2) is 0 Å². The van der Waals surface area contributed by atoms with Crippen molar-refractivity contribution >= 4 is 12.6 Å². The molecule has 1 unspecified atom stereocenters. The van der Waals surface area contributed by atoms with Crippen LogP contribution in [0.25, 0.3) is 11.3 Å². The molecule has 0 aromatic carbocycles. The molecule has 2 N–H and O–H groups in total. The minimum absolute atomic E-state index is 0.0726. The molecule has 0 bridgehead atoms. The number of nitrogens with zero attached hydrogens (tertiary/aromatic N) is 6. The smallest absolute Gasteiger partial charge is 0.423 e. The summed E-state index contributed by atoms with van der Waals surface area (Å²) in [6.45, 7) is -6.12. The summed E-state index contributed by atoms with van der Waals surface area (Å²) in [5, 5.41) is 29.6. The van der Waals surface area contributed by atoms with Crippen LogP contribution < -0.4 is 5.46 Å². The highest BCUT2D eigenvalue weighted by atomic mass is 19.3. The summed E-state index contributed by atoms with van der Waals surface area (Å²) in [6.07, 6.45) is 5.32. The zero-order valence-electron chi connectivity index (χ0n) is 14.7. The largest absolute Gasteiger partial charge is 0.490 e. The van der Waals surface area contributed by atoms with E-state index in [0.717, 1.165) is 6.20 Å². The fourth-order valence-electron chi connectivity index (χ4n) is 2.59. The summed E-state index contributed by atoms with van der Waals surface area (Å²) in [5.41, 5.74) is 1.10. The Morgan fingerprint density at radius 1 is 1.07 bits per heavy atom. The third-order valence-corrected chi connectivity index (χ3v) is 3.98. The first-order chi connectivity index (χ1) is 13.8. The first-order valence-corrected chi connectivity index (χ1v) is 8.31. The summed E-state index contributed by atoms with van der Waals surface area (Å²) >= 11 is 0. The van der Waals surface area contributed by atoms with Gasteiger partial charge in [-0.15, -0.1) is 9.90 Å². The molecular weight excluding hydrogens is 399 g/mol. The lowest BCUT2D eigenvalue weighted by Gasteiger charge is -2.17. The van der Waals surface area contributed by atoms with Crippen molar-refractivity contribution in [2.24, 2.45) is 0 Å². The van der Waals surface area contributed by atoms with Gasteiger partial charge in [0.25, 0.3) is 0 Å². The maximum atomic E-state index is 12.6. The predicted octanol–water partition coefficient (Wildman–Crippen LogP) is 0.830. The van der Waals surface area contributed by atoms with Gasteiger partial charge >= 0.3 is 20.3 Å². The molecule has 1 atom stereocenters. The fraction of sp³-hybridized carbons (Fsp3) is 0.333. The Kier molecular flexibility index (Phi) is 6.56. The highest BCUT2D eigenvalue weighted by molar-refractivity contribution is 6.58. The van der Waals surface area contributed by atoms with Gasteiger partial charge in [0.1, 0.15) is 5.69 Å². The molecule has 0 aliphatic carbocycles. The number of halogens is 4. The lowest BCUT2D eigenvalue weighted by atomic mass is 9.81. The lowest BCUT2D eigenvalue weighted by molar-refractivity contribution is -0.130. The van der Waals surface area contributed by atoms with E-state index < -0.39 is 26.3 Å². The van der Waals surface area contributed by atoms with Gasteiger partial charge in [-0.1, -0.05) is 6.07 Å². The summed E-state index contributed by atoms with van der Waals surface area (Å²) in [5.74, 6) is 0. The third kappa shape index (κ3) is 5.16. The van der Waals surface area contributed by atoms with E-state index >= 15 is 0 Å². The van der Waals surface area contributed by atoms with Gasteiger partial charge in [0.15, 0.2) is 0 Å². The Hall–Kier alpha value is -2.84. The molecule has 3 rings (SSSR count). The van der Waals surface area contributed by atoms with Crippen LogP contribution in [0.15, 0.2) is 36.9 Å². The minimum atomic E-state index is -2.94. The van der Waals surface area contributed by atoms with Crippen molar-refractivity contribution < 1.29 is 32.3 Å². The van der Waals surface area contributed by atoms with Crippen LogP contribution in [-0.4, -0.2) is 60.1 Å². The van der Waals surface area contributed by atoms with Crippen molar-refractivity contribution in [2.75, 3.05) is 6.61 Å². The Balaban J connectivity index is 1.86. The minimum Gasteiger partial charge on any atom is -0.423 e. The lowest BCUT2D eigenvalue weighted by Crippen LogP contribution is -2.30. The van der Waals surface area contributed by atoms with Crippen LogP contribution in [0, 0.1) is 0 Å². The molecule has 0 saturated heterocycles. The van der Waals surface area contributed by atoms with E-state index in [4.69, 9.17) is 10.0 Å². The summed E-state index contributed by atoms with van der Waals surface area (Å²) < 4.78 is 55.7. The predicted molar refractivity (Wildman–Crippen MR) is 91.3 cm³/mol. The normalized spacial score (nSPS) is 12.7. The maximum absolute atomic E-state index is 12.6. The van der Waals surface area contributed by atoms with Crippen molar-refractivity contribution in [1.82, 2.24) is 29.8 Å². The quantitative estimate of drug-likeness (QED) is 0.394. The van der Waals surface area contributed by atoms with E-state index in [1.165, 1.54) is 35.4 Å². The SMILES string of the molecule is OB(O)c1ccc(C(CCOC(F)F)n2cc(-c3cnn(C(F)F)n3)cn2)nc1. The molecule has 0 saturated carbocycles. The van der Waals surface area contributed by atoms with Crippen LogP contribution in [0.2, 0.25) is 0 Å². The molecule has 0 spiro atoms. The van der Waals surface area contributed by atoms with E-state index in [1.54, 1.807) is 0 Å². The van der Waals surface area contributed by atoms with Crippen LogP contribution >= 0.6 is 0 Å². The Bertz CT molecular complexity index is 921. The van der Waals surface area contributed by atoms with Crippen molar-refractivity contribution in [3.05, 3.63) is 42.6 Å². The van der Waals surface area contributed by atoms with Crippen LogP contribution in [-0.2, 0) is 4.74 Å². The first kappa shape index (κ1) is 20.9. The summed E-state index contributed by atoms with van der Waals surface area (Å²) in [4.78, 5) is 4.38. The standard InChI is InChI=1S/C15H15BF4N6O3/c17-14(18)26-23-7-12(24-26)9-5-22-25(8-9)13(3-4-29-15(19)20)11-2-1-10(6-21-11)16(27)28/h1-2,5-8,13-15,27-28H,3-4H2. The highest BCUT2D eigenvalue weighted by Crippen LogP contribution is 2.24. The molecule has 0 amide bonds. The maximum Gasteiger partial charge on any atom is 0.490 e. The van der Waals surface area contributed by atoms with Crippen LogP contribution in [0.5, 0.6) is 0 Å². The molecule has 3 aromatic rings. The summed E-state index contributed by atoms with van der Waals surface area (Å²) in [7, 11) is -1.70. The topological polar surface area (TPSA) is 111 Å². The van der Waals surface area contributed by atoms with Gasteiger partial charge in [0.05, 0.1) is 30.7 Å². The van der Waals surface area contributed by atoms with Gasteiger partial charge in [-0.2, -0.15) is 27.8 Å². The van der Waals surface area contributed by atoms with Crippen molar-refractivity contribution in [2.45, 2.75) is 25.6 Å². The Labute approximate surface area is 161 Å². The molecule has 3 aromatic heterocycles. The molecule has 0 radical (unpaired) electrons. The van der Waals surface area contributed by atoms with Gasteiger partial charge in [-0.05, 0) is 12.5 Å². The van der Waals surface area contributed by atoms with Crippen molar-refractivity contribution in [1.29, 1.82) is 0 Å². The molecule has 29 heavy (non-hydrogen) atoms. The molecule has 3 heterocycles. The molecule has 9 nitrogen and oxygen atoms in total. The zero-order valence-corrected chi connectivity index (χ0v) is 14.7. The molecular formula is C15H15BF4N6O3. The van der Waals surface area contributed by atoms with Crippen molar-refractivity contribution in [3.63, 3.8) is 0 Å². The van der Waals surface area contributed by atoms with Gasteiger partial charge in [0, 0.05) is 23.4 Å². The summed E-state index contributed by atoms with van der Waals surface area (Å²) in [6, 6.07) is 2.28. The van der Waals surface area contributed by atoms with Crippen LogP contribution in [0.3, 0.4) is 0 Å². The van der Waals surface area contributed by atoms with E-state index in [2.05, 4.69) is 25.0 Å². The molecule has 0 aliphatic heterocycles. The molecule has 154 valence electrons. The number of rotatable bonds is 9. The Morgan fingerprint density at radius 2 is 1.86 bits per heavy atom. The van der Waals surface area contributed by atoms with E-state index in [1.807, 2.05) is 0 Å². The third-order valence-electron chi connectivity index (χ3n) is 3.98. The number of hydrogen-bond acceptors (Lipinski definition) is 7. The second-order valence-electron chi connectivity index (χ2n) is 5.86. The number of aromatic nitrogens is 6. The van der Waals surface area contributed by atoms with E-state index in [0.29, 0.717) is 11.3 Å². The van der Waals surface area contributed by atoms with Gasteiger partial charge in [0.2, 0.25) is 0 Å². The van der Waals surface area contributed by atoms with E-state index in [9.17, 15) is 17.6 Å². The molecule has 14 heteroatoms. The average molecular weight is 414 g/mol. The van der Waals surface area contributed by atoms with E-state index in [-0.39, 0.29) is 29.0 Å². The second kappa shape index (κ2) is 9.11. The van der Waals surface area contributed by atoms with Crippen LogP contribution in [0.1, 0.15) is 24.7 Å². The van der Waals surface area contributed by atoms with Gasteiger partial charge in [-0.3, -0.25) is 9.67 Å². The molecule has 0 aliphatic rings. The first-order valence-electron chi connectivity index (χ1n) is 8.31. The zero-order chi connectivity index (χ0) is 21.0. The van der Waals surface area contributed by atoms with Gasteiger partial charge < -0.3 is 14.8 Å². The number of ether oxygens (including phenoxy) is 1. The molecule has 0 fully saturated rings. The average Bonchev–Trinajstić information content (AvgIpc) is 3.34. The number of pyridine rings is 1. The second-order valence-corrected chi connectivity index (χ2v) is 5.86.